The zero-order chi connectivity index (χ0) is 21.1. The number of benzene rings is 2. The van der Waals surface area contributed by atoms with Crippen molar-refractivity contribution in [2.45, 2.75) is 27.7 Å². The Morgan fingerprint density at radius 3 is 2.38 bits per heavy atom. The number of aryl methyl sites for hydroxylation is 3. The van der Waals surface area contributed by atoms with Crippen LogP contribution in [0.3, 0.4) is 0 Å². The zero-order valence-electron chi connectivity index (χ0n) is 16.8. The average molecular weight is 410 g/mol. The van der Waals surface area contributed by atoms with Crippen LogP contribution in [-0.2, 0) is 4.74 Å². The molecular formula is C22H23N3O3S. The molecule has 0 radical (unpaired) electrons. The van der Waals surface area contributed by atoms with Gasteiger partial charge in [-0.25, -0.2) is 9.78 Å². The van der Waals surface area contributed by atoms with Crippen LogP contribution in [0, 0.1) is 20.8 Å². The number of ether oxygens (including phenoxy) is 1. The standard InChI is InChI=1S/C22H23N3O3S/c1-5-28-21(27)15-6-8-16(9-7-15)24-22-25-20(23)19(29-22)18(26)17-11-13(3)12(2)10-14(17)4/h6-11H,5,23H2,1-4H3,(H,24,25). The smallest absolute Gasteiger partial charge is 0.338 e. The lowest BCUT2D eigenvalue weighted by Crippen LogP contribution is -2.05. The number of hydrogen-bond acceptors (Lipinski definition) is 7. The first kappa shape index (κ1) is 20.5. The van der Waals surface area contributed by atoms with Gasteiger partial charge in [-0.2, -0.15) is 0 Å². The molecular weight excluding hydrogens is 386 g/mol. The van der Waals surface area contributed by atoms with Crippen LogP contribution >= 0.6 is 11.3 Å². The van der Waals surface area contributed by atoms with Gasteiger partial charge in [0.25, 0.3) is 0 Å². The lowest BCUT2D eigenvalue weighted by Gasteiger charge is -2.08. The number of hydrogen-bond donors (Lipinski definition) is 2. The van der Waals surface area contributed by atoms with Crippen molar-refractivity contribution in [3.63, 3.8) is 0 Å². The predicted molar refractivity (Wildman–Crippen MR) is 116 cm³/mol. The van der Waals surface area contributed by atoms with E-state index >= 15 is 0 Å². The van der Waals surface area contributed by atoms with E-state index in [2.05, 4.69) is 10.3 Å². The fourth-order valence-corrected chi connectivity index (χ4v) is 3.76. The van der Waals surface area contributed by atoms with E-state index in [-0.39, 0.29) is 17.6 Å². The van der Waals surface area contributed by atoms with Gasteiger partial charge in [0.1, 0.15) is 10.7 Å². The quantitative estimate of drug-likeness (QED) is 0.448. The zero-order valence-corrected chi connectivity index (χ0v) is 17.6. The fourth-order valence-electron chi connectivity index (χ4n) is 2.90. The summed E-state index contributed by atoms with van der Waals surface area (Å²) >= 11 is 1.21. The third-order valence-electron chi connectivity index (χ3n) is 4.59. The number of rotatable bonds is 6. The van der Waals surface area contributed by atoms with Crippen LogP contribution in [0.25, 0.3) is 0 Å². The number of ketones is 1. The summed E-state index contributed by atoms with van der Waals surface area (Å²) in [5.74, 6) is -0.302. The summed E-state index contributed by atoms with van der Waals surface area (Å²) in [7, 11) is 0. The normalized spacial score (nSPS) is 10.6. The second-order valence-electron chi connectivity index (χ2n) is 6.74. The number of carbonyl (C=O) groups is 2. The van der Waals surface area contributed by atoms with Crippen LogP contribution in [0.5, 0.6) is 0 Å². The number of anilines is 3. The van der Waals surface area contributed by atoms with Crippen LogP contribution in [0.1, 0.15) is 49.2 Å². The Morgan fingerprint density at radius 1 is 1.07 bits per heavy atom. The van der Waals surface area contributed by atoms with Crippen LogP contribution in [0.15, 0.2) is 36.4 Å². The number of nitrogens with two attached hydrogens (primary N) is 1. The Labute approximate surface area is 173 Å². The highest BCUT2D eigenvalue weighted by molar-refractivity contribution is 7.18. The molecule has 0 spiro atoms. The van der Waals surface area contributed by atoms with E-state index in [0.717, 1.165) is 22.4 Å². The first-order chi connectivity index (χ1) is 13.8. The molecule has 6 nitrogen and oxygen atoms in total. The highest BCUT2D eigenvalue weighted by Crippen LogP contribution is 2.31. The number of esters is 1. The Kier molecular flexibility index (Phi) is 5.98. The van der Waals surface area contributed by atoms with Crippen molar-refractivity contribution in [1.29, 1.82) is 0 Å². The van der Waals surface area contributed by atoms with E-state index < -0.39 is 0 Å². The van der Waals surface area contributed by atoms with Crippen molar-refractivity contribution < 1.29 is 14.3 Å². The molecule has 2 aromatic carbocycles. The Morgan fingerprint density at radius 2 is 1.72 bits per heavy atom. The van der Waals surface area contributed by atoms with Crippen molar-refractivity contribution in [2.75, 3.05) is 17.7 Å². The van der Waals surface area contributed by atoms with E-state index in [1.807, 2.05) is 32.9 Å². The number of aromatic nitrogens is 1. The Hall–Kier alpha value is -3.19. The van der Waals surface area contributed by atoms with E-state index in [9.17, 15) is 9.59 Å². The molecule has 7 heteroatoms. The van der Waals surface area contributed by atoms with Crippen LogP contribution in [-0.4, -0.2) is 23.3 Å². The monoisotopic (exact) mass is 409 g/mol. The van der Waals surface area contributed by atoms with Gasteiger partial charge in [-0.15, -0.1) is 0 Å². The highest BCUT2D eigenvalue weighted by Gasteiger charge is 2.20. The molecule has 0 aliphatic rings. The third-order valence-corrected chi connectivity index (χ3v) is 5.58. The van der Waals surface area contributed by atoms with Gasteiger partial charge >= 0.3 is 5.97 Å². The molecule has 0 saturated heterocycles. The van der Waals surface area contributed by atoms with Gasteiger partial charge in [-0.3, -0.25) is 4.79 Å². The van der Waals surface area contributed by atoms with Crippen LogP contribution in [0.4, 0.5) is 16.6 Å². The number of nitrogens with zero attached hydrogens (tertiary/aromatic N) is 1. The summed E-state index contributed by atoms with van der Waals surface area (Å²) < 4.78 is 4.98. The molecule has 0 aliphatic heterocycles. The van der Waals surface area contributed by atoms with Crippen molar-refractivity contribution >= 4 is 39.7 Å². The summed E-state index contributed by atoms with van der Waals surface area (Å²) in [4.78, 5) is 29.4. The van der Waals surface area contributed by atoms with Gasteiger partial charge in [0.2, 0.25) is 5.78 Å². The number of carbonyl (C=O) groups excluding carboxylic acids is 2. The summed E-state index contributed by atoms with van der Waals surface area (Å²) in [6, 6.07) is 10.7. The number of nitrogens with one attached hydrogen (secondary N) is 1. The highest BCUT2D eigenvalue weighted by atomic mass is 32.1. The first-order valence-electron chi connectivity index (χ1n) is 9.23. The van der Waals surface area contributed by atoms with Gasteiger partial charge in [0.15, 0.2) is 5.13 Å². The second kappa shape index (κ2) is 8.45. The lowest BCUT2D eigenvalue weighted by atomic mass is 9.97. The van der Waals surface area contributed by atoms with Crippen LogP contribution < -0.4 is 11.1 Å². The molecule has 150 valence electrons. The van der Waals surface area contributed by atoms with E-state index in [0.29, 0.717) is 27.7 Å². The largest absolute Gasteiger partial charge is 0.462 e. The molecule has 1 aromatic heterocycles. The minimum absolute atomic E-state index is 0.133. The maximum absolute atomic E-state index is 13.0. The van der Waals surface area contributed by atoms with Crippen LogP contribution in [0.2, 0.25) is 0 Å². The minimum Gasteiger partial charge on any atom is -0.462 e. The molecule has 0 atom stereocenters. The molecule has 1 heterocycles. The van der Waals surface area contributed by atoms with Gasteiger partial charge in [-0.05, 0) is 74.7 Å². The minimum atomic E-state index is -0.366. The molecule has 0 amide bonds. The van der Waals surface area contributed by atoms with Crippen molar-refractivity contribution in [2.24, 2.45) is 0 Å². The average Bonchev–Trinajstić information content (AvgIpc) is 3.05. The van der Waals surface area contributed by atoms with Crippen molar-refractivity contribution in [1.82, 2.24) is 4.98 Å². The van der Waals surface area contributed by atoms with Gasteiger partial charge in [0, 0.05) is 11.3 Å². The SMILES string of the molecule is CCOC(=O)c1ccc(Nc2nc(N)c(C(=O)c3cc(C)c(C)cc3C)s2)cc1. The Bertz CT molecular complexity index is 1070. The number of thiazole rings is 1. The molecule has 0 saturated carbocycles. The van der Waals surface area contributed by atoms with Gasteiger partial charge in [-0.1, -0.05) is 17.4 Å². The molecule has 29 heavy (non-hydrogen) atoms. The number of nitrogen functional groups attached to an aromatic ring is 1. The van der Waals surface area contributed by atoms with Crippen molar-refractivity contribution in [3.05, 3.63) is 69.1 Å². The second-order valence-corrected chi connectivity index (χ2v) is 7.74. The summed E-state index contributed by atoms with van der Waals surface area (Å²) in [5.41, 5.74) is 11.0. The first-order valence-corrected chi connectivity index (χ1v) is 10.0. The van der Waals surface area contributed by atoms with Gasteiger partial charge in [0.05, 0.1) is 12.2 Å². The predicted octanol–water partition coefficient (Wildman–Crippen LogP) is 4.80. The summed E-state index contributed by atoms with van der Waals surface area (Å²) in [6.07, 6.45) is 0. The molecule has 0 unspecified atom stereocenters. The maximum atomic E-state index is 13.0. The summed E-state index contributed by atoms with van der Waals surface area (Å²) in [6.45, 7) is 8.01. The molecule has 3 aromatic rings. The van der Waals surface area contributed by atoms with E-state index in [1.54, 1.807) is 31.2 Å². The Balaban J connectivity index is 1.81. The topological polar surface area (TPSA) is 94.3 Å². The molecule has 0 bridgehead atoms. The molecule has 3 N–H and O–H groups in total. The fraction of sp³-hybridized carbons (Fsp3) is 0.227. The van der Waals surface area contributed by atoms with E-state index in [1.165, 1.54) is 11.3 Å². The van der Waals surface area contributed by atoms with Crippen molar-refractivity contribution in [3.8, 4) is 0 Å². The molecule has 0 aliphatic carbocycles. The van der Waals surface area contributed by atoms with Gasteiger partial charge < -0.3 is 15.8 Å². The maximum Gasteiger partial charge on any atom is 0.338 e. The summed E-state index contributed by atoms with van der Waals surface area (Å²) in [5, 5.41) is 3.64. The molecule has 0 fully saturated rings. The van der Waals surface area contributed by atoms with E-state index in [4.69, 9.17) is 10.5 Å². The third kappa shape index (κ3) is 4.46. The molecule has 3 rings (SSSR count). The lowest BCUT2D eigenvalue weighted by molar-refractivity contribution is 0.0526.